The molecular weight excluding hydrogens is 352 g/mol. The summed E-state index contributed by atoms with van der Waals surface area (Å²) in [5.41, 5.74) is 10.1. The van der Waals surface area contributed by atoms with E-state index in [1.165, 1.54) is 22.3 Å². The van der Waals surface area contributed by atoms with Crippen molar-refractivity contribution in [3.8, 4) is 11.1 Å². The van der Waals surface area contributed by atoms with Crippen molar-refractivity contribution in [2.45, 2.75) is 20.3 Å². The molecule has 0 saturated heterocycles. The second-order valence-corrected chi connectivity index (χ2v) is 7.57. The zero-order valence-corrected chi connectivity index (χ0v) is 16.7. The molecule has 3 aromatic carbocycles. The van der Waals surface area contributed by atoms with Crippen LogP contribution in [0.3, 0.4) is 0 Å². The molecule has 0 radical (unpaired) electrons. The van der Waals surface area contributed by atoms with E-state index in [9.17, 15) is 0 Å². The number of aryl methyl sites for hydroxylation is 1. The standard InChI is InChI=1S/C27H22N2/c1-18-13-14-22(20-9-5-3-6-10-20)23-15-16-24-25(21-11-7-4-8-12-21)17-19(2)29-27(24)26(23)28-18/h3-12,14-17H,13H2,1-2H3. The van der Waals surface area contributed by atoms with Crippen LogP contribution < -0.4 is 0 Å². The lowest BCUT2D eigenvalue weighted by Crippen LogP contribution is -1.94. The summed E-state index contributed by atoms with van der Waals surface area (Å²) in [6.45, 7) is 4.16. The molecule has 29 heavy (non-hydrogen) atoms. The van der Waals surface area contributed by atoms with Crippen LogP contribution in [-0.2, 0) is 0 Å². The van der Waals surface area contributed by atoms with E-state index in [4.69, 9.17) is 9.98 Å². The summed E-state index contributed by atoms with van der Waals surface area (Å²) in [5.74, 6) is 0. The molecule has 1 aliphatic rings. The average Bonchev–Trinajstić information content (AvgIpc) is 2.93. The Hall–Kier alpha value is -3.52. The molecule has 0 N–H and O–H groups in total. The molecule has 5 rings (SSSR count). The predicted molar refractivity (Wildman–Crippen MR) is 123 cm³/mol. The van der Waals surface area contributed by atoms with Gasteiger partial charge < -0.3 is 0 Å². The lowest BCUT2D eigenvalue weighted by atomic mass is 9.92. The van der Waals surface area contributed by atoms with E-state index < -0.39 is 0 Å². The summed E-state index contributed by atoms with van der Waals surface area (Å²) in [6.07, 6.45) is 3.14. The number of fused-ring (bicyclic) bond motifs is 3. The molecule has 2 heteroatoms. The van der Waals surface area contributed by atoms with Crippen molar-refractivity contribution >= 4 is 27.9 Å². The average molecular weight is 374 g/mol. The first kappa shape index (κ1) is 17.6. The van der Waals surface area contributed by atoms with Crippen molar-refractivity contribution in [2.24, 2.45) is 4.99 Å². The minimum atomic E-state index is 0.845. The fourth-order valence-electron chi connectivity index (χ4n) is 4.08. The second kappa shape index (κ2) is 7.14. The monoisotopic (exact) mass is 374 g/mol. The Labute approximate surface area is 171 Å². The summed E-state index contributed by atoms with van der Waals surface area (Å²) < 4.78 is 0. The first-order valence-corrected chi connectivity index (χ1v) is 10.0. The van der Waals surface area contributed by atoms with Crippen molar-refractivity contribution in [3.05, 3.63) is 102 Å². The van der Waals surface area contributed by atoms with Crippen molar-refractivity contribution < 1.29 is 0 Å². The van der Waals surface area contributed by atoms with Crippen LogP contribution >= 0.6 is 0 Å². The number of rotatable bonds is 2. The third-order valence-electron chi connectivity index (χ3n) is 5.45. The Bertz CT molecular complexity index is 1270. The van der Waals surface area contributed by atoms with Gasteiger partial charge in [-0.3, -0.25) is 9.98 Å². The number of hydrogen-bond donors (Lipinski definition) is 0. The van der Waals surface area contributed by atoms with Gasteiger partial charge in [0.1, 0.15) is 0 Å². The molecule has 0 atom stereocenters. The Morgan fingerprint density at radius 1 is 0.724 bits per heavy atom. The van der Waals surface area contributed by atoms with Crippen LogP contribution in [0.5, 0.6) is 0 Å². The fraction of sp³-hybridized carbons (Fsp3) is 0.111. The summed E-state index contributed by atoms with van der Waals surface area (Å²) >= 11 is 0. The Morgan fingerprint density at radius 3 is 2.14 bits per heavy atom. The number of allylic oxidation sites excluding steroid dienone is 1. The molecule has 0 spiro atoms. The van der Waals surface area contributed by atoms with Gasteiger partial charge in [-0.1, -0.05) is 78.9 Å². The molecule has 1 aliphatic heterocycles. The van der Waals surface area contributed by atoms with Crippen LogP contribution in [0.2, 0.25) is 0 Å². The maximum atomic E-state index is 5.02. The van der Waals surface area contributed by atoms with Gasteiger partial charge in [0.25, 0.3) is 0 Å². The minimum Gasteiger partial charge on any atom is -0.255 e. The zero-order valence-electron chi connectivity index (χ0n) is 16.7. The molecule has 0 saturated carbocycles. The number of hydrogen-bond acceptors (Lipinski definition) is 2. The maximum Gasteiger partial charge on any atom is 0.0974 e. The van der Waals surface area contributed by atoms with E-state index in [1.807, 2.05) is 0 Å². The SMILES string of the molecule is CC1=Nc2c(ccc3c(-c4ccccc4)cc(C)nc23)C(c2ccccc2)=CC1. The number of aromatic nitrogens is 1. The lowest BCUT2D eigenvalue weighted by Gasteiger charge is -2.15. The minimum absolute atomic E-state index is 0.845. The van der Waals surface area contributed by atoms with Crippen LogP contribution in [-0.4, -0.2) is 10.7 Å². The van der Waals surface area contributed by atoms with Crippen LogP contribution in [0.15, 0.2) is 89.9 Å². The molecule has 2 nitrogen and oxygen atoms in total. The Morgan fingerprint density at radius 2 is 1.41 bits per heavy atom. The van der Waals surface area contributed by atoms with Crippen molar-refractivity contribution in [3.63, 3.8) is 0 Å². The van der Waals surface area contributed by atoms with E-state index in [0.29, 0.717) is 0 Å². The quantitative estimate of drug-likeness (QED) is 0.366. The molecule has 4 aromatic rings. The van der Waals surface area contributed by atoms with Crippen LogP contribution in [0.4, 0.5) is 5.69 Å². The molecule has 0 aliphatic carbocycles. The molecular formula is C27H22N2. The van der Waals surface area contributed by atoms with E-state index in [0.717, 1.165) is 40.0 Å². The van der Waals surface area contributed by atoms with Crippen molar-refractivity contribution in [2.75, 3.05) is 0 Å². The van der Waals surface area contributed by atoms with E-state index in [-0.39, 0.29) is 0 Å². The van der Waals surface area contributed by atoms with Gasteiger partial charge in [-0.25, -0.2) is 0 Å². The van der Waals surface area contributed by atoms with Gasteiger partial charge in [-0.2, -0.15) is 0 Å². The highest BCUT2D eigenvalue weighted by atomic mass is 14.8. The van der Waals surface area contributed by atoms with Crippen molar-refractivity contribution in [1.29, 1.82) is 0 Å². The molecule has 0 fully saturated rings. The fourth-order valence-corrected chi connectivity index (χ4v) is 4.08. The third-order valence-corrected chi connectivity index (χ3v) is 5.45. The van der Waals surface area contributed by atoms with Gasteiger partial charge in [-0.15, -0.1) is 0 Å². The van der Waals surface area contributed by atoms with Gasteiger partial charge in [0, 0.05) is 28.8 Å². The van der Waals surface area contributed by atoms with Gasteiger partial charge in [0.15, 0.2) is 0 Å². The first-order chi connectivity index (χ1) is 14.2. The smallest absolute Gasteiger partial charge is 0.0974 e. The number of aliphatic imine (C=N–C) groups is 1. The number of benzene rings is 3. The predicted octanol–water partition coefficient (Wildman–Crippen LogP) is 7.14. The van der Waals surface area contributed by atoms with Crippen LogP contribution in [0.1, 0.15) is 30.2 Å². The molecule has 1 aromatic heterocycles. The van der Waals surface area contributed by atoms with E-state index in [2.05, 4.69) is 98.8 Å². The van der Waals surface area contributed by atoms with Gasteiger partial charge >= 0.3 is 0 Å². The largest absolute Gasteiger partial charge is 0.255 e. The third kappa shape index (κ3) is 3.17. The molecule has 0 amide bonds. The molecule has 140 valence electrons. The van der Waals surface area contributed by atoms with E-state index in [1.54, 1.807) is 0 Å². The topological polar surface area (TPSA) is 25.2 Å². The number of pyridine rings is 1. The summed E-state index contributed by atoms with van der Waals surface area (Å²) in [5, 5.41) is 1.14. The maximum absolute atomic E-state index is 5.02. The van der Waals surface area contributed by atoms with Gasteiger partial charge in [-0.05, 0) is 42.2 Å². The molecule has 0 unspecified atom stereocenters. The first-order valence-electron chi connectivity index (χ1n) is 10.0. The molecule has 2 heterocycles. The summed E-state index contributed by atoms with van der Waals surface area (Å²) in [4.78, 5) is 9.97. The normalized spacial score (nSPS) is 13.4. The second-order valence-electron chi connectivity index (χ2n) is 7.57. The van der Waals surface area contributed by atoms with Crippen molar-refractivity contribution in [1.82, 2.24) is 4.98 Å². The van der Waals surface area contributed by atoms with Gasteiger partial charge in [0.05, 0.1) is 11.2 Å². The zero-order chi connectivity index (χ0) is 19.8. The number of nitrogens with zero attached hydrogens (tertiary/aromatic N) is 2. The summed E-state index contributed by atoms with van der Waals surface area (Å²) in [7, 11) is 0. The Balaban J connectivity index is 1.82. The van der Waals surface area contributed by atoms with E-state index >= 15 is 0 Å². The highest BCUT2D eigenvalue weighted by molar-refractivity contribution is 6.07. The van der Waals surface area contributed by atoms with Crippen LogP contribution in [0.25, 0.3) is 27.6 Å². The Kier molecular flexibility index (Phi) is 4.33. The van der Waals surface area contributed by atoms with Gasteiger partial charge in [0.2, 0.25) is 0 Å². The lowest BCUT2D eigenvalue weighted by molar-refractivity contribution is 1.25. The molecule has 0 bridgehead atoms. The highest BCUT2D eigenvalue weighted by Crippen LogP contribution is 2.41. The highest BCUT2D eigenvalue weighted by Gasteiger charge is 2.18. The summed E-state index contributed by atoms with van der Waals surface area (Å²) in [6, 6.07) is 27.7. The van der Waals surface area contributed by atoms with Crippen LogP contribution in [0, 0.1) is 6.92 Å².